The minimum absolute atomic E-state index is 1.08. The predicted molar refractivity (Wildman–Crippen MR) is 76.1 cm³/mol. The first-order chi connectivity index (χ1) is 6.74. The Hall–Kier alpha value is 0.720. The Morgan fingerprint density at radius 3 is 2.64 bits per heavy atom. The molecule has 0 aliphatic heterocycles. The summed E-state index contributed by atoms with van der Waals surface area (Å²) in [6, 6.07) is 0. The van der Waals surface area contributed by atoms with Crippen LogP contribution in [0.25, 0.3) is 10.6 Å². The minimum Gasteiger partial charge on any atom is -0.234 e. The SMILES string of the molecule is Ic1nc2c(s1)CCc1nc(I)sc1-2. The quantitative estimate of drug-likeness (QED) is 0.579. The van der Waals surface area contributed by atoms with Crippen LogP contribution in [0.1, 0.15) is 10.6 Å². The Morgan fingerprint density at radius 1 is 1.00 bits per heavy atom. The lowest BCUT2D eigenvalue weighted by atomic mass is 10.1. The monoisotopic (exact) mass is 446 g/mol. The van der Waals surface area contributed by atoms with Crippen LogP contribution in [0.2, 0.25) is 0 Å². The van der Waals surface area contributed by atoms with E-state index < -0.39 is 0 Å². The van der Waals surface area contributed by atoms with Crippen molar-refractivity contribution in [3.63, 3.8) is 0 Å². The van der Waals surface area contributed by atoms with Crippen molar-refractivity contribution in [3.8, 4) is 10.6 Å². The molecule has 0 radical (unpaired) electrons. The zero-order valence-corrected chi connectivity index (χ0v) is 12.8. The van der Waals surface area contributed by atoms with Crippen molar-refractivity contribution in [2.45, 2.75) is 12.8 Å². The van der Waals surface area contributed by atoms with Gasteiger partial charge < -0.3 is 0 Å². The summed E-state index contributed by atoms with van der Waals surface area (Å²) in [7, 11) is 0. The van der Waals surface area contributed by atoms with Gasteiger partial charge in [0.05, 0.1) is 16.3 Å². The molecule has 3 rings (SSSR count). The van der Waals surface area contributed by atoms with Crippen LogP contribution in [0.4, 0.5) is 0 Å². The van der Waals surface area contributed by atoms with Gasteiger partial charge in [0.1, 0.15) is 0 Å². The van der Waals surface area contributed by atoms with Gasteiger partial charge >= 0.3 is 0 Å². The molecule has 0 aromatic carbocycles. The maximum absolute atomic E-state index is 4.58. The first kappa shape index (κ1) is 9.91. The molecule has 0 saturated heterocycles. The second-order valence-electron chi connectivity index (χ2n) is 2.98. The van der Waals surface area contributed by atoms with Crippen molar-refractivity contribution in [3.05, 3.63) is 16.6 Å². The molecule has 1 aliphatic carbocycles. The minimum atomic E-state index is 1.08. The van der Waals surface area contributed by atoms with E-state index in [2.05, 4.69) is 55.1 Å². The molecule has 0 spiro atoms. The van der Waals surface area contributed by atoms with Crippen LogP contribution in [-0.4, -0.2) is 9.97 Å². The molecule has 2 aromatic rings. The highest BCUT2D eigenvalue weighted by atomic mass is 127. The van der Waals surface area contributed by atoms with E-state index in [0.29, 0.717) is 0 Å². The lowest BCUT2D eigenvalue weighted by molar-refractivity contribution is 0.918. The molecule has 2 nitrogen and oxygen atoms in total. The molecule has 2 aromatic heterocycles. The van der Waals surface area contributed by atoms with Gasteiger partial charge in [0.2, 0.25) is 0 Å². The molecule has 6 heteroatoms. The van der Waals surface area contributed by atoms with E-state index in [9.17, 15) is 0 Å². The van der Waals surface area contributed by atoms with Gasteiger partial charge in [-0.2, -0.15) is 0 Å². The fourth-order valence-corrected chi connectivity index (χ4v) is 5.28. The van der Waals surface area contributed by atoms with Gasteiger partial charge in [-0.25, -0.2) is 9.97 Å². The number of hydrogen-bond acceptors (Lipinski definition) is 4. The number of fused-ring (bicyclic) bond motifs is 3. The molecule has 0 fully saturated rings. The van der Waals surface area contributed by atoms with E-state index >= 15 is 0 Å². The molecule has 0 bridgehead atoms. The number of aromatic nitrogens is 2. The second-order valence-corrected chi connectivity index (χ2v) is 8.57. The van der Waals surface area contributed by atoms with E-state index in [1.807, 2.05) is 11.3 Å². The van der Waals surface area contributed by atoms with Crippen molar-refractivity contribution in [1.29, 1.82) is 0 Å². The standard InChI is InChI=1S/C8H4I2N2S2/c9-7-11-3-1-2-4-5(6(3)14-7)12-8(10)13-4/h1-2H2. The van der Waals surface area contributed by atoms with Gasteiger partial charge in [0.15, 0.2) is 6.03 Å². The summed E-state index contributed by atoms with van der Waals surface area (Å²) in [5.41, 5.74) is 2.44. The third kappa shape index (κ3) is 1.54. The Morgan fingerprint density at radius 2 is 1.79 bits per heavy atom. The highest BCUT2D eigenvalue weighted by Gasteiger charge is 2.23. The summed E-state index contributed by atoms with van der Waals surface area (Å²) in [6.07, 6.45) is 2.20. The molecule has 0 atom stereocenters. The topological polar surface area (TPSA) is 25.8 Å². The van der Waals surface area contributed by atoms with E-state index in [4.69, 9.17) is 0 Å². The molecule has 1 aliphatic rings. The van der Waals surface area contributed by atoms with Crippen LogP contribution in [-0.2, 0) is 12.8 Å². The predicted octanol–water partition coefficient (Wildman–Crippen LogP) is 3.57. The molecule has 0 saturated carbocycles. The lowest BCUT2D eigenvalue weighted by Crippen LogP contribution is -1.99. The normalized spacial score (nSPS) is 13.9. The number of hydrogen-bond donors (Lipinski definition) is 0. The number of nitrogens with zero attached hydrogens (tertiary/aromatic N) is 2. The largest absolute Gasteiger partial charge is 0.234 e. The first-order valence-corrected chi connectivity index (χ1v) is 7.84. The van der Waals surface area contributed by atoms with Crippen molar-refractivity contribution in [1.82, 2.24) is 9.97 Å². The number of halogens is 2. The highest BCUT2D eigenvalue weighted by Crippen LogP contribution is 2.40. The van der Waals surface area contributed by atoms with Gasteiger partial charge in [-0.1, -0.05) is 0 Å². The first-order valence-electron chi connectivity index (χ1n) is 4.05. The zero-order chi connectivity index (χ0) is 9.71. The van der Waals surface area contributed by atoms with Crippen molar-refractivity contribution in [2.24, 2.45) is 0 Å². The summed E-state index contributed by atoms with van der Waals surface area (Å²) in [5.74, 6) is 0. The highest BCUT2D eigenvalue weighted by molar-refractivity contribution is 14.1. The van der Waals surface area contributed by atoms with Gasteiger partial charge in [0.25, 0.3) is 0 Å². The van der Waals surface area contributed by atoms with Crippen LogP contribution in [0.15, 0.2) is 0 Å². The molecule has 0 N–H and O–H groups in total. The average molecular weight is 446 g/mol. The zero-order valence-electron chi connectivity index (χ0n) is 6.88. The third-order valence-electron chi connectivity index (χ3n) is 2.15. The molecule has 2 heterocycles. The molecule has 14 heavy (non-hydrogen) atoms. The van der Waals surface area contributed by atoms with E-state index in [1.54, 1.807) is 11.3 Å². The maximum atomic E-state index is 4.58. The van der Waals surface area contributed by atoms with Gasteiger partial charge in [-0.15, -0.1) is 22.7 Å². The summed E-state index contributed by atoms with van der Waals surface area (Å²) < 4.78 is 2.27. The van der Waals surface area contributed by atoms with Crippen molar-refractivity contribution < 1.29 is 0 Å². The maximum Gasteiger partial charge on any atom is 0.154 e. The van der Waals surface area contributed by atoms with Gasteiger partial charge in [-0.3, -0.25) is 0 Å². The Labute approximate surface area is 116 Å². The van der Waals surface area contributed by atoms with E-state index in [-0.39, 0.29) is 0 Å². The van der Waals surface area contributed by atoms with Crippen molar-refractivity contribution >= 4 is 67.9 Å². The summed E-state index contributed by atoms with van der Waals surface area (Å²) in [6.45, 7) is 0. The average Bonchev–Trinajstić information content (AvgIpc) is 2.65. The molecular weight excluding hydrogens is 442 g/mol. The Balaban J connectivity index is 2.27. The number of rotatable bonds is 0. The summed E-state index contributed by atoms with van der Waals surface area (Å²) in [4.78, 5) is 11.8. The Kier molecular flexibility index (Phi) is 2.57. The Bertz CT molecular complexity index is 457. The molecule has 72 valence electrons. The summed E-state index contributed by atoms with van der Waals surface area (Å²) in [5, 5.41) is 0. The van der Waals surface area contributed by atoms with Crippen LogP contribution in [0, 0.1) is 6.03 Å². The number of thiazole rings is 2. The van der Waals surface area contributed by atoms with Crippen LogP contribution in [0.3, 0.4) is 0 Å². The van der Waals surface area contributed by atoms with Crippen molar-refractivity contribution in [2.75, 3.05) is 0 Å². The van der Waals surface area contributed by atoms with Crippen LogP contribution >= 0.6 is 67.9 Å². The molecule has 0 unspecified atom stereocenters. The van der Waals surface area contributed by atoms with Crippen LogP contribution < -0.4 is 0 Å². The molecule has 0 amide bonds. The van der Waals surface area contributed by atoms with Crippen LogP contribution in [0.5, 0.6) is 0 Å². The fraction of sp³-hybridized carbons (Fsp3) is 0.250. The van der Waals surface area contributed by atoms with E-state index in [0.717, 1.165) is 18.9 Å². The smallest absolute Gasteiger partial charge is 0.154 e. The lowest BCUT2D eigenvalue weighted by Gasteiger charge is -2.07. The van der Waals surface area contributed by atoms with Gasteiger partial charge in [-0.05, 0) is 58.0 Å². The summed E-state index contributed by atoms with van der Waals surface area (Å²) >= 11 is 8.16. The number of aryl methyl sites for hydroxylation is 2. The second kappa shape index (κ2) is 3.63. The van der Waals surface area contributed by atoms with E-state index in [1.165, 1.54) is 21.1 Å². The van der Waals surface area contributed by atoms with Gasteiger partial charge in [0, 0.05) is 4.88 Å². The third-order valence-corrected chi connectivity index (χ3v) is 5.75. The molecular formula is C8H4I2N2S2. The fourth-order valence-electron chi connectivity index (χ4n) is 1.58.